The molecular weight excluding hydrogens is 895 g/mol. The highest BCUT2D eigenvalue weighted by atomic mass is 16.7. The smallest absolute Gasteiger partial charge is 0.249 e. The van der Waals surface area contributed by atoms with Crippen LogP contribution in [0.15, 0.2) is 48.6 Å². The molecule has 1 saturated heterocycles. The van der Waals surface area contributed by atoms with E-state index in [0.29, 0.717) is 19.3 Å². The van der Waals surface area contributed by atoms with Crippen LogP contribution in [0, 0.1) is 0 Å². The van der Waals surface area contributed by atoms with Gasteiger partial charge in [0.1, 0.15) is 36.6 Å². The number of aliphatic hydroxyl groups excluding tert-OH is 7. The number of ether oxygens (including phenoxy) is 2. The number of carbonyl (C=O) groups is 1. The van der Waals surface area contributed by atoms with E-state index in [1.165, 1.54) is 167 Å². The molecule has 0 spiro atoms. The molecule has 1 aliphatic rings. The molecule has 0 radical (unpaired) electrons. The van der Waals surface area contributed by atoms with Crippen molar-refractivity contribution in [3.8, 4) is 0 Å². The largest absolute Gasteiger partial charge is 0.394 e. The van der Waals surface area contributed by atoms with E-state index in [1.54, 1.807) is 0 Å². The Morgan fingerprint density at radius 3 is 1.25 bits per heavy atom. The van der Waals surface area contributed by atoms with Crippen molar-refractivity contribution in [1.82, 2.24) is 5.32 Å². The number of rotatable bonds is 50. The molecule has 1 amide bonds. The maximum Gasteiger partial charge on any atom is 0.249 e. The average Bonchev–Trinajstić information content (AvgIpc) is 3.37. The van der Waals surface area contributed by atoms with Gasteiger partial charge in [-0.1, -0.05) is 217 Å². The number of carbonyl (C=O) groups excluding carboxylic acids is 1. The molecule has 0 aromatic heterocycles. The van der Waals surface area contributed by atoms with Crippen LogP contribution in [0.5, 0.6) is 0 Å². The summed E-state index contributed by atoms with van der Waals surface area (Å²) in [5, 5.41) is 75.9. The zero-order valence-corrected chi connectivity index (χ0v) is 45.5. The van der Waals surface area contributed by atoms with Gasteiger partial charge in [-0.05, 0) is 89.9 Å². The van der Waals surface area contributed by atoms with E-state index in [2.05, 4.69) is 67.8 Å². The topological polar surface area (TPSA) is 189 Å². The van der Waals surface area contributed by atoms with Crippen molar-refractivity contribution in [2.45, 2.75) is 313 Å². The third-order valence-electron chi connectivity index (χ3n) is 14.1. The lowest BCUT2D eigenvalue weighted by Gasteiger charge is -2.40. The minimum Gasteiger partial charge on any atom is -0.394 e. The van der Waals surface area contributed by atoms with Crippen LogP contribution in [0.2, 0.25) is 0 Å². The van der Waals surface area contributed by atoms with Crippen LogP contribution in [0.25, 0.3) is 0 Å². The predicted octanol–water partition coefficient (Wildman–Crippen LogP) is 12.5. The van der Waals surface area contributed by atoms with Gasteiger partial charge in [0.25, 0.3) is 0 Å². The van der Waals surface area contributed by atoms with Crippen LogP contribution in [0.3, 0.4) is 0 Å². The van der Waals surface area contributed by atoms with Crippen molar-refractivity contribution in [2.75, 3.05) is 13.2 Å². The van der Waals surface area contributed by atoms with Crippen molar-refractivity contribution >= 4 is 5.91 Å². The average molecular weight is 1010 g/mol. The number of hydrogen-bond acceptors (Lipinski definition) is 10. The monoisotopic (exact) mass is 1010 g/mol. The molecule has 0 bridgehead atoms. The highest BCUT2D eigenvalue weighted by Crippen LogP contribution is 2.23. The summed E-state index contributed by atoms with van der Waals surface area (Å²) in [5.74, 6) is -0.730. The molecule has 1 rings (SSSR count). The Hall–Kier alpha value is -1.93. The van der Waals surface area contributed by atoms with E-state index in [-0.39, 0.29) is 12.8 Å². The highest BCUT2D eigenvalue weighted by Gasteiger charge is 2.44. The quantitative estimate of drug-likeness (QED) is 0.0215. The standard InChI is InChI=1S/C60H111NO10/c1-3-5-7-9-11-13-15-17-18-19-20-21-22-23-24-25-26-27-28-29-30-31-32-33-34-35-36-38-39-41-43-45-47-52(63)55(65)51(50-70-60-58(68)57(67)56(66)54(49-62)71-60)61-59(69)53(64)48-46-44-42-40-37-16-14-12-10-8-6-4-2/h30-31,34-35,37,39-41,51-58,60,62-68H,3-29,32-33,36,38,42-50H2,1-2H3,(H,61,69)/b31-30+,35-34+,40-37-,41-39+. The van der Waals surface area contributed by atoms with Crippen LogP contribution in [-0.4, -0.2) is 110 Å². The Morgan fingerprint density at radius 1 is 0.479 bits per heavy atom. The second-order valence-corrected chi connectivity index (χ2v) is 20.7. The van der Waals surface area contributed by atoms with Gasteiger partial charge in [0.15, 0.2) is 6.29 Å². The Labute approximate surface area is 434 Å². The number of unbranched alkanes of at least 4 members (excludes halogenated alkanes) is 30. The van der Waals surface area contributed by atoms with Gasteiger partial charge in [0.2, 0.25) is 5.91 Å². The zero-order chi connectivity index (χ0) is 51.8. The van der Waals surface area contributed by atoms with Gasteiger partial charge in [0, 0.05) is 0 Å². The van der Waals surface area contributed by atoms with Gasteiger partial charge >= 0.3 is 0 Å². The van der Waals surface area contributed by atoms with Gasteiger partial charge in [-0.2, -0.15) is 0 Å². The third-order valence-corrected chi connectivity index (χ3v) is 14.1. The van der Waals surface area contributed by atoms with Gasteiger partial charge in [0.05, 0.1) is 25.4 Å². The molecule has 1 heterocycles. The van der Waals surface area contributed by atoms with Gasteiger partial charge in [-0.15, -0.1) is 0 Å². The molecule has 11 nitrogen and oxygen atoms in total. The summed E-state index contributed by atoms with van der Waals surface area (Å²) in [5.41, 5.74) is 0. The third kappa shape index (κ3) is 37.5. The molecular formula is C60H111NO10. The first-order chi connectivity index (χ1) is 34.7. The lowest BCUT2D eigenvalue weighted by atomic mass is 9.98. The summed E-state index contributed by atoms with van der Waals surface area (Å²) in [7, 11) is 0. The molecule has 0 aromatic carbocycles. The molecule has 9 unspecified atom stereocenters. The zero-order valence-electron chi connectivity index (χ0n) is 45.5. The molecule has 71 heavy (non-hydrogen) atoms. The number of aliphatic hydroxyl groups is 7. The van der Waals surface area contributed by atoms with Crippen LogP contribution in [0.4, 0.5) is 0 Å². The normalized spacial score (nSPS) is 20.5. The molecule has 0 saturated carbocycles. The van der Waals surface area contributed by atoms with Crippen molar-refractivity contribution < 1.29 is 50.0 Å². The minimum absolute atomic E-state index is 0.217. The molecule has 1 fully saturated rings. The maximum atomic E-state index is 13.1. The lowest BCUT2D eigenvalue weighted by molar-refractivity contribution is -0.303. The first-order valence-corrected chi connectivity index (χ1v) is 29.5. The van der Waals surface area contributed by atoms with Crippen molar-refractivity contribution in [1.29, 1.82) is 0 Å². The van der Waals surface area contributed by atoms with Crippen molar-refractivity contribution in [3.05, 3.63) is 48.6 Å². The SMILES string of the molecule is CCCCCCCC/C=C\CCCCC(O)C(=O)NC(COC1OC(CO)C(O)C(O)C1O)C(O)C(O)CCC/C=C/CC/C=C/CC/C=C/CCCCCCCCCCCCCCCCCCCCC. The Morgan fingerprint density at radius 2 is 0.845 bits per heavy atom. The predicted molar refractivity (Wildman–Crippen MR) is 293 cm³/mol. The summed E-state index contributed by atoms with van der Waals surface area (Å²) < 4.78 is 11.1. The number of nitrogens with one attached hydrogen (secondary N) is 1. The van der Waals surface area contributed by atoms with E-state index in [4.69, 9.17) is 9.47 Å². The number of hydrogen-bond donors (Lipinski definition) is 8. The van der Waals surface area contributed by atoms with Crippen molar-refractivity contribution in [3.63, 3.8) is 0 Å². The molecule has 0 aliphatic carbocycles. The molecule has 9 atom stereocenters. The summed E-state index contributed by atoms with van der Waals surface area (Å²) in [6, 6.07) is -1.20. The lowest BCUT2D eigenvalue weighted by Crippen LogP contribution is -2.60. The molecule has 1 aliphatic heterocycles. The van der Waals surface area contributed by atoms with E-state index in [0.717, 1.165) is 44.9 Å². The Bertz CT molecular complexity index is 1290. The van der Waals surface area contributed by atoms with Gasteiger partial charge in [-0.3, -0.25) is 4.79 Å². The minimum atomic E-state index is -1.68. The van der Waals surface area contributed by atoms with Crippen LogP contribution in [-0.2, 0) is 14.3 Å². The molecule has 0 aromatic rings. The summed E-state index contributed by atoms with van der Waals surface area (Å²) in [6.07, 6.45) is 50.6. The van der Waals surface area contributed by atoms with Crippen LogP contribution in [0.1, 0.15) is 258 Å². The Kier molecular flexibility index (Phi) is 46.3. The van der Waals surface area contributed by atoms with Gasteiger partial charge < -0.3 is 50.5 Å². The first-order valence-electron chi connectivity index (χ1n) is 29.5. The van der Waals surface area contributed by atoms with E-state index in [9.17, 15) is 40.5 Å². The Balaban J connectivity index is 2.27. The van der Waals surface area contributed by atoms with E-state index in [1.807, 2.05) is 0 Å². The first kappa shape index (κ1) is 67.1. The summed E-state index contributed by atoms with van der Waals surface area (Å²) in [6.45, 7) is 3.41. The fourth-order valence-electron chi connectivity index (χ4n) is 9.23. The molecule has 11 heteroatoms. The fraction of sp³-hybridized carbons (Fsp3) is 0.850. The summed E-state index contributed by atoms with van der Waals surface area (Å²) in [4.78, 5) is 13.1. The number of allylic oxidation sites excluding steroid dienone is 8. The van der Waals surface area contributed by atoms with E-state index >= 15 is 0 Å². The maximum absolute atomic E-state index is 13.1. The fourth-order valence-corrected chi connectivity index (χ4v) is 9.23. The summed E-state index contributed by atoms with van der Waals surface area (Å²) >= 11 is 0. The number of amides is 1. The van der Waals surface area contributed by atoms with E-state index < -0.39 is 74.2 Å². The van der Waals surface area contributed by atoms with Gasteiger partial charge in [-0.25, -0.2) is 0 Å². The van der Waals surface area contributed by atoms with Crippen LogP contribution < -0.4 is 5.32 Å². The molecule has 8 N–H and O–H groups in total. The molecule has 416 valence electrons. The van der Waals surface area contributed by atoms with Crippen molar-refractivity contribution in [2.24, 2.45) is 0 Å². The second kappa shape index (κ2) is 49.0. The second-order valence-electron chi connectivity index (χ2n) is 20.7. The highest BCUT2D eigenvalue weighted by molar-refractivity contribution is 5.80. The van der Waals surface area contributed by atoms with Crippen LogP contribution >= 0.6 is 0 Å².